The summed E-state index contributed by atoms with van der Waals surface area (Å²) in [5.41, 5.74) is 0.509. The van der Waals surface area contributed by atoms with Gasteiger partial charge >= 0.3 is 0 Å². The highest BCUT2D eigenvalue weighted by molar-refractivity contribution is 5.27. The van der Waals surface area contributed by atoms with Crippen molar-refractivity contribution in [2.45, 2.75) is 13.5 Å². The third-order valence-electron chi connectivity index (χ3n) is 2.22. The topological polar surface area (TPSA) is 84.7 Å². The Hall–Kier alpha value is -2.42. The van der Waals surface area contributed by atoms with Gasteiger partial charge in [0.05, 0.1) is 6.54 Å². The van der Waals surface area contributed by atoms with Crippen LogP contribution in [0.5, 0.6) is 0 Å². The van der Waals surface area contributed by atoms with E-state index in [0.29, 0.717) is 5.82 Å². The van der Waals surface area contributed by atoms with Gasteiger partial charge in [-0.05, 0) is 19.1 Å². The van der Waals surface area contributed by atoms with Crippen molar-refractivity contribution in [3.8, 4) is 6.07 Å². The van der Waals surface area contributed by atoms with Crippen LogP contribution >= 0.6 is 0 Å². The van der Waals surface area contributed by atoms with Gasteiger partial charge in [-0.2, -0.15) is 10.2 Å². The molecular weight excluding hydrogens is 208 g/mol. The third-order valence-corrected chi connectivity index (χ3v) is 2.22. The molecule has 0 aliphatic heterocycles. The average molecular weight is 216 g/mol. The lowest BCUT2D eigenvalue weighted by atomic mass is 10.2. The lowest BCUT2D eigenvalue weighted by molar-refractivity contribution is 0.407. The first-order valence-corrected chi connectivity index (χ1v) is 4.58. The Bertz CT molecular complexity index is 592. The largest absolute Gasteiger partial charge is 0.343 e. The SMILES string of the molecule is Cc1ccc(C#N)c(=O)n1Cc1ncon1. The van der Waals surface area contributed by atoms with Gasteiger partial charge in [0.15, 0.2) is 5.82 Å². The van der Waals surface area contributed by atoms with E-state index in [1.165, 1.54) is 17.0 Å². The zero-order chi connectivity index (χ0) is 11.5. The summed E-state index contributed by atoms with van der Waals surface area (Å²) in [6.45, 7) is 1.99. The Morgan fingerprint density at radius 1 is 1.56 bits per heavy atom. The highest BCUT2D eigenvalue weighted by Crippen LogP contribution is 2.00. The molecule has 0 radical (unpaired) electrons. The molecular formula is C10H8N4O2. The van der Waals surface area contributed by atoms with Gasteiger partial charge in [0.25, 0.3) is 5.56 Å². The predicted octanol–water partition coefficient (Wildman–Crippen LogP) is 0.460. The monoisotopic (exact) mass is 216 g/mol. The van der Waals surface area contributed by atoms with E-state index in [4.69, 9.17) is 5.26 Å². The molecule has 0 aromatic carbocycles. The highest BCUT2D eigenvalue weighted by atomic mass is 16.5. The lowest BCUT2D eigenvalue weighted by Gasteiger charge is -2.06. The van der Waals surface area contributed by atoms with Gasteiger partial charge in [-0.25, -0.2) is 0 Å². The van der Waals surface area contributed by atoms with Gasteiger partial charge in [-0.15, -0.1) is 0 Å². The molecule has 0 spiro atoms. The molecule has 2 rings (SSSR count). The van der Waals surface area contributed by atoms with Crippen LogP contribution in [-0.4, -0.2) is 14.7 Å². The van der Waals surface area contributed by atoms with Crippen LogP contribution in [0.3, 0.4) is 0 Å². The fourth-order valence-electron chi connectivity index (χ4n) is 1.36. The fraction of sp³-hybridized carbons (Fsp3) is 0.200. The maximum atomic E-state index is 11.8. The maximum absolute atomic E-state index is 11.8. The van der Waals surface area contributed by atoms with E-state index < -0.39 is 0 Å². The number of hydrogen-bond donors (Lipinski definition) is 0. The molecule has 2 heterocycles. The summed E-state index contributed by atoms with van der Waals surface area (Å²) in [5, 5.41) is 12.4. The summed E-state index contributed by atoms with van der Waals surface area (Å²) in [6, 6.07) is 5.06. The van der Waals surface area contributed by atoms with Crippen LogP contribution in [0.1, 0.15) is 17.1 Å². The number of hydrogen-bond acceptors (Lipinski definition) is 5. The normalized spacial score (nSPS) is 10.0. The van der Waals surface area contributed by atoms with Crippen molar-refractivity contribution in [1.82, 2.24) is 14.7 Å². The molecule has 0 bridgehead atoms. The van der Waals surface area contributed by atoms with Crippen molar-refractivity contribution < 1.29 is 4.52 Å². The minimum Gasteiger partial charge on any atom is -0.343 e. The molecule has 6 heteroatoms. The molecule has 6 nitrogen and oxygen atoms in total. The van der Waals surface area contributed by atoms with Crippen LogP contribution in [0.4, 0.5) is 0 Å². The third kappa shape index (κ3) is 1.70. The van der Waals surface area contributed by atoms with Gasteiger partial charge in [-0.1, -0.05) is 5.16 Å². The summed E-state index contributed by atoms with van der Waals surface area (Å²) in [6.07, 6.45) is 1.20. The second kappa shape index (κ2) is 3.98. The van der Waals surface area contributed by atoms with Gasteiger partial charge in [0.2, 0.25) is 6.39 Å². The Morgan fingerprint density at radius 2 is 2.38 bits per heavy atom. The minimum absolute atomic E-state index is 0.106. The molecule has 80 valence electrons. The molecule has 2 aromatic rings. The summed E-state index contributed by atoms with van der Waals surface area (Å²) in [5.74, 6) is 0.403. The summed E-state index contributed by atoms with van der Waals surface area (Å²) >= 11 is 0. The van der Waals surface area contributed by atoms with E-state index in [0.717, 1.165) is 5.69 Å². The molecule has 0 N–H and O–H groups in total. The smallest absolute Gasteiger partial charge is 0.269 e. The van der Waals surface area contributed by atoms with Crippen molar-refractivity contribution in [2.75, 3.05) is 0 Å². The number of nitriles is 1. The second-order valence-electron chi connectivity index (χ2n) is 3.24. The number of aryl methyl sites for hydroxylation is 1. The number of nitrogens with zero attached hydrogens (tertiary/aromatic N) is 4. The Labute approximate surface area is 90.8 Å². The molecule has 2 aromatic heterocycles. The number of pyridine rings is 1. The molecule has 0 aliphatic carbocycles. The molecule has 0 unspecified atom stereocenters. The van der Waals surface area contributed by atoms with Crippen molar-refractivity contribution in [3.05, 3.63) is 46.0 Å². The van der Waals surface area contributed by atoms with Crippen LogP contribution in [0.2, 0.25) is 0 Å². The molecule has 0 saturated carbocycles. The van der Waals surface area contributed by atoms with Crippen LogP contribution in [-0.2, 0) is 6.54 Å². The first kappa shape index (κ1) is 10.1. The van der Waals surface area contributed by atoms with Crippen molar-refractivity contribution in [2.24, 2.45) is 0 Å². The predicted molar refractivity (Wildman–Crippen MR) is 53.6 cm³/mol. The van der Waals surface area contributed by atoms with Crippen molar-refractivity contribution in [3.63, 3.8) is 0 Å². The Morgan fingerprint density at radius 3 is 3.00 bits per heavy atom. The van der Waals surface area contributed by atoms with Gasteiger partial charge < -0.3 is 9.09 Å². The first-order valence-electron chi connectivity index (χ1n) is 4.58. The highest BCUT2D eigenvalue weighted by Gasteiger charge is 2.08. The summed E-state index contributed by atoms with van der Waals surface area (Å²) in [7, 11) is 0. The van der Waals surface area contributed by atoms with Crippen LogP contribution in [0, 0.1) is 18.3 Å². The lowest BCUT2D eigenvalue weighted by Crippen LogP contribution is -2.25. The van der Waals surface area contributed by atoms with Gasteiger partial charge in [0, 0.05) is 5.69 Å². The van der Waals surface area contributed by atoms with E-state index >= 15 is 0 Å². The standard InChI is InChI=1S/C10H8N4O2/c1-7-2-3-8(4-11)10(15)14(7)5-9-12-6-16-13-9/h2-3,6H,5H2,1H3. The molecule has 0 aliphatic rings. The quantitative estimate of drug-likeness (QED) is 0.728. The van der Waals surface area contributed by atoms with Crippen LogP contribution in [0.25, 0.3) is 0 Å². The summed E-state index contributed by atoms with van der Waals surface area (Å²) < 4.78 is 6.02. The fourth-order valence-corrected chi connectivity index (χ4v) is 1.36. The zero-order valence-electron chi connectivity index (χ0n) is 8.54. The maximum Gasteiger partial charge on any atom is 0.269 e. The minimum atomic E-state index is -0.340. The van der Waals surface area contributed by atoms with Gasteiger partial charge in [0.1, 0.15) is 11.6 Å². The average Bonchev–Trinajstić information content (AvgIpc) is 2.77. The van der Waals surface area contributed by atoms with Crippen LogP contribution < -0.4 is 5.56 Å². The molecule has 0 saturated heterocycles. The Kier molecular flexibility index (Phi) is 2.52. The zero-order valence-corrected chi connectivity index (χ0v) is 8.54. The first-order chi connectivity index (χ1) is 7.72. The molecule has 16 heavy (non-hydrogen) atoms. The van der Waals surface area contributed by atoms with E-state index in [-0.39, 0.29) is 17.7 Å². The molecule has 0 fully saturated rings. The second-order valence-corrected chi connectivity index (χ2v) is 3.24. The number of aromatic nitrogens is 3. The van der Waals surface area contributed by atoms with E-state index in [9.17, 15) is 4.79 Å². The van der Waals surface area contributed by atoms with E-state index in [1.807, 2.05) is 6.07 Å². The van der Waals surface area contributed by atoms with Crippen molar-refractivity contribution >= 4 is 0 Å². The Balaban J connectivity index is 2.49. The number of rotatable bonds is 2. The molecule has 0 atom stereocenters. The molecule has 0 amide bonds. The van der Waals surface area contributed by atoms with Gasteiger partial charge in [-0.3, -0.25) is 4.79 Å². The van der Waals surface area contributed by atoms with Crippen LogP contribution in [0.15, 0.2) is 27.8 Å². The van der Waals surface area contributed by atoms with E-state index in [1.54, 1.807) is 13.0 Å². The van der Waals surface area contributed by atoms with Crippen molar-refractivity contribution in [1.29, 1.82) is 5.26 Å². The van der Waals surface area contributed by atoms with E-state index in [2.05, 4.69) is 14.7 Å². The summed E-state index contributed by atoms with van der Waals surface area (Å²) in [4.78, 5) is 15.6.